The number of benzene rings is 2. The van der Waals surface area contributed by atoms with E-state index in [1.807, 2.05) is 69.0 Å². The van der Waals surface area contributed by atoms with Crippen molar-refractivity contribution in [1.82, 2.24) is 4.90 Å². The monoisotopic (exact) mass is 467 g/mol. The normalized spacial score (nSPS) is 11.1. The van der Waals surface area contributed by atoms with Crippen molar-refractivity contribution < 1.29 is 9.53 Å². The number of halogens is 2. The molecule has 134 valence electrons. The maximum atomic E-state index is 13.3. The summed E-state index contributed by atoms with van der Waals surface area (Å²) in [6.45, 7) is 8.14. The number of carbonyl (C=O) groups is 1. The molecular weight excluding hydrogens is 446 g/mol. The summed E-state index contributed by atoms with van der Waals surface area (Å²) in [5, 5.41) is 0. The van der Waals surface area contributed by atoms with Crippen LogP contribution in [0.1, 0.15) is 38.1 Å². The average molecular weight is 469 g/mol. The molecule has 2 aromatic rings. The Balaban J connectivity index is 2.64. The summed E-state index contributed by atoms with van der Waals surface area (Å²) in [5.41, 5.74) is 2.51. The summed E-state index contributed by atoms with van der Waals surface area (Å²) in [7, 11) is 1.61. The standard InChI is InChI=1S/C20H23Br2NO2/c1-12(2)23(13(3)4)20(24)19-11-17(25-5)6-7-18(19)14-8-15(21)10-16(22)9-14/h6-13H,1-5H3. The minimum absolute atomic E-state index is 0.00926. The maximum absolute atomic E-state index is 13.3. The molecule has 3 nitrogen and oxygen atoms in total. The van der Waals surface area contributed by atoms with Crippen LogP contribution in [0, 0.1) is 0 Å². The van der Waals surface area contributed by atoms with Crippen molar-refractivity contribution in [2.45, 2.75) is 39.8 Å². The van der Waals surface area contributed by atoms with Gasteiger partial charge in [0, 0.05) is 21.0 Å². The van der Waals surface area contributed by atoms with E-state index in [0.29, 0.717) is 11.3 Å². The van der Waals surface area contributed by atoms with Gasteiger partial charge in [0.25, 0.3) is 5.91 Å². The molecule has 0 bridgehead atoms. The Hall–Kier alpha value is -1.33. The van der Waals surface area contributed by atoms with E-state index in [1.54, 1.807) is 7.11 Å². The van der Waals surface area contributed by atoms with Crippen LogP contribution >= 0.6 is 31.9 Å². The smallest absolute Gasteiger partial charge is 0.255 e. The molecule has 5 heteroatoms. The second-order valence-corrected chi connectivity index (χ2v) is 8.30. The molecule has 0 atom stereocenters. The van der Waals surface area contributed by atoms with Crippen molar-refractivity contribution in [3.05, 3.63) is 50.9 Å². The Kier molecular flexibility index (Phi) is 6.69. The first-order chi connectivity index (χ1) is 11.7. The Bertz CT molecular complexity index is 744. The topological polar surface area (TPSA) is 29.5 Å². The number of nitrogens with zero attached hydrogens (tertiary/aromatic N) is 1. The number of carbonyl (C=O) groups excluding carboxylic acids is 1. The second-order valence-electron chi connectivity index (χ2n) is 6.47. The van der Waals surface area contributed by atoms with Gasteiger partial charge >= 0.3 is 0 Å². The zero-order valence-electron chi connectivity index (χ0n) is 15.1. The van der Waals surface area contributed by atoms with Crippen LogP contribution in [0.3, 0.4) is 0 Å². The molecule has 0 aliphatic carbocycles. The third kappa shape index (κ3) is 4.64. The highest BCUT2D eigenvalue weighted by molar-refractivity contribution is 9.11. The number of amides is 1. The first-order valence-corrected chi connectivity index (χ1v) is 9.80. The second kappa shape index (κ2) is 8.37. The van der Waals surface area contributed by atoms with Gasteiger partial charge in [0.05, 0.1) is 12.7 Å². The third-order valence-electron chi connectivity index (χ3n) is 3.98. The van der Waals surface area contributed by atoms with Gasteiger partial charge in [-0.2, -0.15) is 0 Å². The van der Waals surface area contributed by atoms with E-state index >= 15 is 0 Å². The molecule has 0 saturated carbocycles. The van der Waals surface area contributed by atoms with E-state index in [1.165, 1.54) is 0 Å². The lowest BCUT2D eigenvalue weighted by Gasteiger charge is -2.31. The van der Waals surface area contributed by atoms with Crippen LogP contribution in [0.4, 0.5) is 0 Å². The number of ether oxygens (including phenoxy) is 1. The van der Waals surface area contributed by atoms with Gasteiger partial charge in [-0.1, -0.05) is 31.9 Å². The van der Waals surface area contributed by atoms with E-state index in [-0.39, 0.29) is 18.0 Å². The highest BCUT2D eigenvalue weighted by Gasteiger charge is 2.25. The zero-order valence-corrected chi connectivity index (χ0v) is 18.3. The molecule has 0 aromatic heterocycles. The largest absolute Gasteiger partial charge is 0.497 e. The van der Waals surface area contributed by atoms with Crippen molar-refractivity contribution in [2.24, 2.45) is 0 Å². The molecule has 1 amide bonds. The number of hydrogen-bond donors (Lipinski definition) is 0. The van der Waals surface area contributed by atoms with Crippen LogP contribution in [-0.2, 0) is 0 Å². The Morgan fingerprint density at radius 2 is 1.52 bits per heavy atom. The van der Waals surface area contributed by atoms with Crippen molar-refractivity contribution >= 4 is 37.8 Å². The predicted octanol–water partition coefficient (Wildman–Crippen LogP) is 6.15. The van der Waals surface area contributed by atoms with Crippen LogP contribution < -0.4 is 4.74 Å². The Labute approximate surface area is 166 Å². The van der Waals surface area contributed by atoms with Gasteiger partial charge in [-0.05, 0) is 75.2 Å². The summed E-state index contributed by atoms with van der Waals surface area (Å²) in [6.07, 6.45) is 0. The molecule has 0 aliphatic heterocycles. The van der Waals surface area contributed by atoms with Gasteiger partial charge in [0.15, 0.2) is 0 Å². The van der Waals surface area contributed by atoms with Crippen LogP contribution in [0.25, 0.3) is 11.1 Å². The van der Waals surface area contributed by atoms with Gasteiger partial charge in [-0.15, -0.1) is 0 Å². The van der Waals surface area contributed by atoms with Gasteiger partial charge in [0.2, 0.25) is 0 Å². The summed E-state index contributed by atoms with van der Waals surface area (Å²) in [5.74, 6) is 0.684. The molecule has 0 radical (unpaired) electrons. The van der Waals surface area contributed by atoms with Gasteiger partial charge < -0.3 is 9.64 Å². The predicted molar refractivity (Wildman–Crippen MR) is 110 cm³/mol. The van der Waals surface area contributed by atoms with Gasteiger partial charge in [-0.3, -0.25) is 4.79 Å². The third-order valence-corrected chi connectivity index (χ3v) is 4.89. The van der Waals surface area contributed by atoms with E-state index in [9.17, 15) is 4.79 Å². The lowest BCUT2D eigenvalue weighted by Crippen LogP contribution is -2.42. The lowest BCUT2D eigenvalue weighted by molar-refractivity contribution is 0.0644. The first-order valence-electron chi connectivity index (χ1n) is 8.21. The molecule has 0 N–H and O–H groups in total. The SMILES string of the molecule is COc1ccc(-c2cc(Br)cc(Br)c2)c(C(=O)N(C(C)C)C(C)C)c1. The minimum Gasteiger partial charge on any atom is -0.497 e. The molecule has 0 unspecified atom stereocenters. The average Bonchev–Trinajstić information content (AvgIpc) is 2.52. The van der Waals surface area contributed by atoms with E-state index in [0.717, 1.165) is 20.1 Å². The first kappa shape index (κ1) is 20.0. The Morgan fingerprint density at radius 1 is 0.960 bits per heavy atom. The van der Waals surface area contributed by atoms with Crippen LogP contribution in [0.2, 0.25) is 0 Å². The van der Waals surface area contributed by atoms with Crippen LogP contribution in [0.15, 0.2) is 45.3 Å². The van der Waals surface area contributed by atoms with E-state index in [4.69, 9.17) is 4.74 Å². The fourth-order valence-corrected chi connectivity index (χ4v) is 4.29. The quantitative estimate of drug-likeness (QED) is 0.526. The molecule has 25 heavy (non-hydrogen) atoms. The van der Waals surface area contributed by atoms with Gasteiger partial charge in [0.1, 0.15) is 5.75 Å². The highest BCUT2D eigenvalue weighted by atomic mass is 79.9. The lowest BCUT2D eigenvalue weighted by atomic mass is 9.97. The molecule has 0 fully saturated rings. The van der Waals surface area contributed by atoms with Crippen LogP contribution in [-0.4, -0.2) is 30.0 Å². The Morgan fingerprint density at radius 3 is 2.00 bits per heavy atom. The zero-order chi connectivity index (χ0) is 18.7. The molecule has 2 aromatic carbocycles. The number of methoxy groups -OCH3 is 1. The molecule has 0 heterocycles. The van der Waals surface area contributed by atoms with Gasteiger partial charge in [-0.25, -0.2) is 0 Å². The van der Waals surface area contributed by atoms with Crippen molar-refractivity contribution in [3.63, 3.8) is 0 Å². The molecule has 0 saturated heterocycles. The van der Waals surface area contributed by atoms with Crippen molar-refractivity contribution in [3.8, 4) is 16.9 Å². The van der Waals surface area contributed by atoms with Crippen LogP contribution in [0.5, 0.6) is 5.75 Å². The fraction of sp³-hybridized carbons (Fsp3) is 0.350. The molecule has 2 rings (SSSR count). The molecule has 0 aliphatic rings. The number of rotatable bonds is 5. The fourth-order valence-electron chi connectivity index (χ4n) is 2.99. The molecule has 0 spiro atoms. The van der Waals surface area contributed by atoms with Crippen molar-refractivity contribution in [1.29, 1.82) is 0 Å². The summed E-state index contributed by atoms with van der Waals surface area (Å²) >= 11 is 7.05. The van der Waals surface area contributed by atoms with E-state index in [2.05, 4.69) is 31.9 Å². The summed E-state index contributed by atoms with van der Waals surface area (Å²) in [4.78, 5) is 15.2. The number of hydrogen-bond acceptors (Lipinski definition) is 2. The maximum Gasteiger partial charge on any atom is 0.255 e. The highest BCUT2D eigenvalue weighted by Crippen LogP contribution is 2.33. The van der Waals surface area contributed by atoms with E-state index < -0.39 is 0 Å². The minimum atomic E-state index is 0.00926. The summed E-state index contributed by atoms with van der Waals surface area (Å²) in [6, 6.07) is 11.9. The summed E-state index contributed by atoms with van der Waals surface area (Å²) < 4.78 is 7.26. The molecular formula is C20H23Br2NO2. The van der Waals surface area contributed by atoms with Crippen molar-refractivity contribution in [2.75, 3.05) is 7.11 Å².